The first-order valence-electron chi connectivity index (χ1n) is 12.3. The second kappa shape index (κ2) is 11.0. The number of aryl methyl sites for hydroxylation is 1. The largest absolute Gasteiger partial charge is 0.350 e. The Labute approximate surface area is 200 Å². The van der Waals surface area contributed by atoms with Crippen LogP contribution in [0, 0.1) is 0 Å². The van der Waals surface area contributed by atoms with Crippen molar-refractivity contribution >= 4 is 11.8 Å². The van der Waals surface area contributed by atoms with Crippen LogP contribution in [0.1, 0.15) is 64.3 Å². The molecule has 1 N–H and O–H groups in total. The normalized spacial score (nSPS) is 14.4. The zero-order valence-corrected chi connectivity index (χ0v) is 19.8. The first kappa shape index (κ1) is 21.4. The lowest BCUT2D eigenvalue weighted by molar-refractivity contribution is -0.128. The molecule has 0 aliphatic carbocycles. The molecule has 0 saturated carbocycles. The fourth-order valence-electron chi connectivity index (χ4n) is 3.70. The molecule has 172 valence electrons. The lowest BCUT2D eigenvalue weighted by atomic mass is 9.97. The van der Waals surface area contributed by atoms with Crippen LogP contribution < -0.4 is 5.32 Å². The molecule has 4 nitrogen and oxygen atoms in total. The van der Waals surface area contributed by atoms with Gasteiger partial charge in [0.05, 0.1) is 6.04 Å². The van der Waals surface area contributed by atoms with Crippen LogP contribution in [0.4, 0.5) is 0 Å². The number of carbonyl (C=O) groups is 2. The number of hydrogen-bond acceptors (Lipinski definition) is 2. The second-order valence-electron chi connectivity index (χ2n) is 9.17. The molecule has 0 aliphatic heterocycles. The minimum absolute atomic E-state index is 0.0177. The van der Waals surface area contributed by atoms with Crippen LogP contribution in [0.25, 0.3) is 0 Å². The molecule has 2 atom stereocenters. The third kappa shape index (κ3) is 6.79. The van der Waals surface area contributed by atoms with Gasteiger partial charge in [0.2, 0.25) is 5.91 Å². The van der Waals surface area contributed by atoms with E-state index in [9.17, 15) is 9.59 Å². The number of carbonyl (C=O) groups excluding carboxylic acids is 2. The molecule has 0 heterocycles. The van der Waals surface area contributed by atoms with Gasteiger partial charge in [0, 0.05) is 13.8 Å². The monoisotopic (exact) mass is 444 g/mol. The molecule has 3 rings (SSSR count). The van der Waals surface area contributed by atoms with E-state index in [2.05, 4.69) is 5.32 Å². The van der Waals surface area contributed by atoms with Crippen molar-refractivity contribution in [3.8, 4) is 0 Å². The molecule has 3 aromatic rings. The maximum atomic E-state index is 13.9. The Kier molecular flexibility index (Phi) is 7.12. The highest BCUT2D eigenvalue weighted by molar-refractivity contribution is 5.98. The van der Waals surface area contributed by atoms with Gasteiger partial charge < -0.3 is 10.2 Å². The molecule has 0 radical (unpaired) electrons. The molecule has 0 spiro atoms. The van der Waals surface area contributed by atoms with Gasteiger partial charge in [0.25, 0.3) is 5.91 Å². The highest BCUT2D eigenvalue weighted by Crippen LogP contribution is 2.27. The van der Waals surface area contributed by atoms with Gasteiger partial charge in [0.1, 0.15) is 6.04 Å². The minimum Gasteiger partial charge on any atom is -0.350 e. The molecule has 0 saturated heterocycles. The molecule has 0 aromatic heterocycles. The molecule has 0 fully saturated rings. The standard InChI is InChI=1S/C29H34N2O2/c1-22(24-16-10-6-11-17-24)31(28(33)25-18-12-7-13-19-25)26(27(32)30-29(2,3)4)21-20-23-14-8-5-9-15-23/h5-19,22,26H,20-21H2,1-4H3,(H,30,32)/t22-,26+/m1/s1/i21D2. The smallest absolute Gasteiger partial charge is 0.255 e. The molecule has 4 heteroatoms. The van der Waals surface area contributed by atoms with Crippen molar-refractivity contribution in [3.63, 3.8) is 0 Å². The van der Waals surface area contributed by atoms with E-state index >= 15 is 0 Å². The van der Waals surface area contributed by atoms with Crippen LogP contribution in [0.15, 0.2) is 91.0 Å². The van der Waals surface area contributed by atoms with E-state index < -0.39 is 35.8 Å². The average Bonchev–Trinajstić information content (AvgIpc) is 2.81. The molecule has 0 unspecified atom stereocenters. The fourth-order valence-corrected chi connectivity index (χ4v) is 3.70. The highest BCUT2D eigenvalue weighted by Gasteiger charge is 2.35. The summed E-state index contributed by atoms with van der Waals surface area (Å²) in [4.78, 5) is 29.1. The molecule has 0 aliphatic rings. The molecular formula is C29H34N2O2. The van der Waals surface area contributed by atoms with Crippen LogP contribution in [0.3, 0.4) is 0 Å². The van der Waals surface area contributed by atoms with E-state index in [4.69, 9.17) is 2.74 Å². The van der Waals surface area contributed by atoms with Gasteiger partial charge in [0.15, 0.2) is 0 Å². The zero-order valence-electron chi connectivity index (χ0n) is 21.8. The van der Waals surface area contributed by atoms with Gasteiger partial charge in [-0.05, 0) is 63.7 Å². The zero-order chi connectivity index (χ0) is 25.6. The number of amides is 2. The van der Waals surface area contributed by atoms with Gasteiger partial charge in [-0.3, -0.25) is 9.59 Å². The Morgan fingerprint density at radius 1 is 0.879 bits per heavy atom. The van der Waals surface area contributed by atoms with E-state index in [0.717, 1.165) is 11.1 Å². The van der Waals surface area contributed by atoms with Gasteiger partial charge in [-0.25, -0.2) is 0 Å². The average molecular weight is 445 g/mol. The maximum absolute atomic E-state index is 13.9. The third-order valence-corrected chi connectivity index (χ3v) is 5.32. The van der Waals surface area contributed by atoms with Gasteiger partial charge in [-0.15, -0.1) is 0 Å². The van der Waals surface area contributed by atoms with Crippen molar-refractivity contribution < 1.29 is 12.3 Å². The van der Waals surface area contributed by atoms with Crippen LogP contribution >= 0.6 is 0 Å². The Hall–Kier alpha value is -3.40. The molecule has 0 bridgehead atoms. The van der Waals surface area contributed by atoms with Gasteiger partial charge in [-0.2, -0.15) is 0 Å². The molecule has 2 amide bonds. The topological polar surface area (TPSA) is 49.4 Å². The Morgan fingerprint density at radius 2 is 1.39 bits per heavy atom. The summed E-state index contributed by atoms with van der Waals surface area (Å²) < 4.78 is 18.2. The van der Waals surface area contributed by atoms with Crippen LogP contribution in [0.2, 0.25) is 0 Å². The predicted octanol–water partition coefficient (Wildman–Crippen LogP) is 5.81. The summed E-state index contributed by atoms with van der Waals surface area (Å²) in [6.45, 7) is 7.38. The quantitative estimate of drug-likeness (QED) is 0.477. The van der Waals surface area contributed by atoms with Crippen LogP contribution in [0.5, 0.6) is 0 Å². The fraction of sp³-hybridized carbons (Fsp3) is 0.310. The van der Waals surface area contributed by atoms with Crippen molar-refractivity contribution in [1.29, 1.82) is 0 Å². The van der Waals surface area contributed by atoms with Gasteiger partial charge >= 0.3 is 0 Å². The number of hydrogen-bond donors (Lipinski definition) is 1. The minimum atomic E-state index is -2.05. The first-order chi connectivity index (χ1) is 16.5. The highest BCUT2D eigenvalue weighted by atomic mass is 16.2. The van der Waals surface area contributed by atoms with Crippen LogP contribution in [-0.4, -0.2) is 28.3 Å². The van der Waals surface area contributed by atoms with Crippen molar-refractivity contribution in [1.82, 2.24) is 10.2 Å². The number of benzene rings is 3. The second-order valence-corrected chi connectivity index (χ2v) is 9.17. The Bertz CT molecular complexity index is 1110. The summed E-state index contributed by atoms with van der Waals surface area (Å²) in [7, 11) is 0. The molecule has 33 heavy (non-hydrogen) atoms. The number of nitrogens with zero attached hydrogens (tertiary/aromatic N) is 1. The van der Waals surface area contributed by atoms with Crippen molar-refractivity contribution in [3.05, 3.63) is 108 Å². The molecular weight excluding hydrogens is 408 g/mol. The summed E-state index contributed by atoms with van der Waals surface area (Å²) in [5.41, 5.74) is 1.38. The van der Waals surface area contributed by atoms with E-state index in [1.807, 2.05) is 94.4 Å². The summed E-state index contributed by atoms with van der Waals surface area (Å²) in [5, 5.41) is 2.93. The van der Waals surface area contributed by atoms with E-state index in [0.29, 0.717) is 5.56 Å². The van der Waals surface area contributed by atoms with E-state index in [1.54, 1.807) is 24.3 Å². The van der Waals surface area contributed by atoms with Crippen LogP contribution in [-0.2, 0) is 11.2 Å². The third-order valence-electron chi connectivity index (χ3n) is 5.32. The number of rotatable bonds is 8. The van der Waals surface area contributed by atoms with Gasteiger partial charge in [-0.1, -0.05) is 78.9 Å². The SMILES string of the molecule is [2H]C([2H])(Cc1ccccc1)[C@@H](C(=O)NC(C)(C)C)N(C(=O)c1ccccc1)[C@H](C)c1ccccc1. The summed E-state index contributed by atoms with van der Waals surface area (Å²) >= 11 is 0. The first-order valence-corrected chi connectivity index (χ1v) is 11.3. The predicted molar refractivity (Wildman–Crippen MR) is 134 cm³/mol. The Balaban J connectivity index is 2.15. The van der Waals surface area contributed by atoms with E-state index in [1.165, 1.54) is 4.90 Å². The summed E-state index contributed by atoms with van der Waals surface area (Å²) in [6, 6.07) is 25.5. The van der Waals surface area contributed by atoms with Crippen molar-refractivity contribution in [2.24, 2.45) is 0 Å². The maximum Gasteiger partial charge on any atom is 0.255 e. The number of nitrogens with one attached hydrogen (secondary N) is 1. The van der Waals surface area contributed by atoms with Crippen molar-refractivity contribution in [2.45, 2.75) is 58.1 Å². The molecule has 3 aromatic carbocycles. The summed E-state index contributed by atoms with van der Waals surface area (Å²) in [6.07, 6.45) is -2.07. The lowest BCUT2D eigenvalue weighted by Gasteiger charge is -2.38. The lowest BCUT2D eigenvalue weighted by Crippen LogP contribution is -2.54. The summed E-state index contributed by atoms with van der Waals surface area (Å²) in [5.74, 6) is -0.918. The van der Waals surface area contributed by atoms with E-state index in [-0.39, 0.29) is 6.42 Å². The van der Waals surface area contributed by atoms with Crippen molar-refractivity contribution in [2.75, 3.05) is 0 Å². The Morgan fingerprint density at radius 3 is 1.94 bits per heavy atom.